The van der Waals surface area contributed by atoms with Crippen molar-refractivity contribution in [2.45, 2.75) is 32.9 Å². The van der Waals surface area contributed by atoms with Gasteiger partial charge in [0.15, 0.2) is 0 Å². The molecule has 0 saturated carbocycles. The molecule has 0 radical (unpaired) electrons. The van der Waals surface area contributed by atoms with E-state index in [-0.39, 0.29) is 12.0 Å². The lowest BCUT2D eigenvalue weighted by atomic mass is 10.1. The van der Waals surface area contributed by atoms with Gasteiger partial charge in [-0.1, -0.05) is 0 Å². The maximum atomic E-state index is 11.5. The second-order valence-corrected chi connectivity index (χ2v) is 3.72. The lowest BCUT2D eigenvalue weighted by Crippen LogP contribution is -2.55. The van der Waals surface area contributed by atoms with Crippen LogP contribution in [0.3, 0.4) is 0 Å². The maximum Gasteiger partial charge on any atom is 0.323 e. The number of nitrogens with zero attached hydrogens (tertiary/aromatic N) is 1. The van der Waals surface area contributed by atoms with E-state index in [0.717, 1.165) is 19.6 Å². The highest BCUT2D eigenvalue weighted by Gasteiger charge is 2.28. The van der Waals surface area contributed by atoms with Crippen LogP contribution in [0, 0.1) is 0 Å². The summed E-state index contributed by atoms with van der Waals surface area (Å²) in [5.41, 5.74) is 0. The van der Waals surface area contributed by atoms with Crippen LogP contribution in [0.5, 0.6) is 0 Å². The van der Waals surface area contributed by atoms with Crippen LogP contribution in [0.4, 0.5) is 0 Å². The first kappa shape index (κ1) is 11.5. The highest BCUT2D eigenvalue weighted by molar-refractivity contribution is 5.75. The molecule has 1 aliphatic rings. The van der Waals surface area contributed by atoms with Gasteiger partial charge >= 0.3 is 5.97 Å². The van der Waals surface area contributed by atoms with Gasteiger partial charge in [-0.05, 0) is 20.8 Å². The van der Waals surface area contributed by atoms with Crippen molar-refractivity contribution in [3.8, 4) is 0 Å². The van der Waals surface area contributed by atoms with E-state index in [1.54, 1.807) is 0 Å². The Morgan fingerprint density at radius 1 is 1.71 bits per heavy atom. The highest BCUT2D eigenvalue weighted by Crippen LogP contribution is 2.09. The van der Waals surface area contributed by atoms with Crippen LogP contribution >= 0.6 is 0 Å². The summed E-state index contributed by atoms with van der Waals surface area (Å²) in [4.78, 5) is 13.7. The van der Waals surface area contributed by atoms with Gasteiger partial charge in [-0.2, -0.15) is 0 Å². The summed E-state index contributed by atoms with van der Waals surface area (Å²) in [6, 6.07) is 0.287. The first-order valence-corrected chi connectivity index (χ1v) is 5.30. The zero-order valence-corrected chi connectivity index (χ0v) is 9.25. The second kappa shape index (κ2) is 5.32. The monoisotopic (exact) mass is 200 g/mol. The first-order chi connectivity index (χ1) is 6.66. The standard InChI is InChI=1S/C10H20N2O2/c1-4-14-10(13)9(3)12-6-5-11-7-8(12)2/h8-9,11H,4-7H2,1-3H3. The molecule has 1 saturated heterocycles. The minimum Gasteiger partial charge on any atom is -0.465 e. The van der Waals surface area contributed by atoms with Crippen LogP contribution in [0.15, 0.2) is 0 Å². The van der Waals surface area contributed by atoms with E-state index in [0.29, 0.717) is 12.6 Å². The Morgan fingerprint density at radius 3 is 3.00 bits per heavy atom. The van der Waals surface area contributed by atoms with Gasteiger partial charge < -0.3 is 10.1 Å². The van der Waals surface area contributed by atoms with Gasteiger partial charge in [0.1, 0.15) is 6.04 Å². The van der Waals surface area contributed by atoms with Crippen molar-refractivity contribution < 1.29 is 9.53 Å². The summed E-state index contributed by atoms with van der Waals surface area (Å²) in [5, 5.41) is 3.30. The molecule has 1 rings (SSSR count). The number of hydrogen-bond acceptors (Lipinski definition) is 4. The molecule has 0 bridgehead atoms. The van der Waals surface area contributed by atoms with E-state index in [9.17, 15) is 4.79 Å². The van der Waals surface area contributed by atoms with Crippen molar-refractivity contribution in [1.82, 2.24) is 10.2 Å². The third-order valence-corrected chi connectivity index (χ3v) is 2.68. The summed E-state index contributed by atoms with van der Waals surface area (Å²) >= 11 is 0. The number of piperazine rings is 1. The van der Waals surface area contributed by atoms with E-state index >= 15 is 0 Å². The molecule has 0 aliphatic carbocycles. The van der Waals surface area contributed by atoms with Crippen molar-refractivity contribution >= 4 is 5.97 Å². The predicted octanol–water partition coefficient (Wildman–Crippen LogP) is 0.232. The van der Waals surface area contributed by atoms with Gasteiger partial charge in [-0.15, -0.1) is 0 Å². The minimum absolute atomic E-state index is 0.110. The van der Waals surface area contributed by atoms with Gasteiger partial charge in [0, 0.05) is 25.7 Å². The normalized spacial score (nSPS) is 25.8. The first-order valence-electron chi connectivity index (χ1n) is 5.30. The molecular formula is C10H20N2O2. The third-order valence-electron chi connectivity index (χ3n) is 2.68. The average molecular weight is 200 g/mol. The second-order valence-electron chi connectivity index (χ2n) is 3.72. The fourth-order valence-corrected chi connectivity index (χ4v) is 1.83. The SMILES string of the molecule is CCOC(=O)C(C)N1CCNCC1C. The minimum atomic E-state index is -0.118. The summed E-state index contributed by atoms with van der Waals surface area (Å²) in [5.74, 6) is -0.110. The largest absolute Gasteiger partial charge is 0.465 e. The molecule has 1 heterocycles. The molecule has 1 N–H and O–H groups in total. The molecule has 0 spiro atoms. The van der Waals surface area contributed by atoms with E-state index in [4.69, 9.17) is 4.74 Å². The molecular weight excluding hydrogens is 180 g/mol. The zero-order valence-electron chi connectivity index (χ0n) is 9.25. The zero-order chi connectivity index (χ0) is 10.6. The fraction of sp³-hybridized carbons (Fsp3) is 0.900. The van der Waals surface area contributed by atoms with Gasteiger partial charge in [-0.3, -0.25) is 9.69 Å². The van der Waals surface area contributed by atoms with Crippen LogP contribution < -0.4 is 5.32 Å². The molecule has 14 heavy (non-hydrogen) atoms. The van der Waals surface area contributed by atoms with E-state index < -0.39 is 0 Å². The van der Waals surface area contributed by atoms with Gasteiger partial charge in [0.2, 0.25) is 0 Å². The summed E-state index contributed by atoms with van der Waals surface area (Å²) in [6.07, 6.45) is 0. The number of hydrogen-bond donors (Lipinski definition) is 1. The molecule has 2 atom stereocenters. The van der Waals surface area contributed by atoms with Gasteiger partial charge in [-0.25, -0.2) is 0 Å². The Labute approximate surface area is 85.6 Å². The number of rotatable bonds is 3. The van der Waals surface area contributed by atoms with Crippen molar-refractivity contribution in [2.24, 2.45) is 0 Å². The smallest absolute Gasteiger partial charge is 0.323 e. The summed E-state index contributed by atoms with van der Waals surface area (Å²) in [7, 11) is 0. The van der Waals surface area contributed by atoms with Gasteiger partial charge in [0.25, 0.3) is 0 Å². The number of carbonyl (C=O) groups excluding carboxylic acids is 1. The van der Waals surface area contributed by atoms with Gasteiger partial charge in [0.05, 0.1) is 6.61 Å². The predicted molar refractivity (Wildman–Crippen MR) is 55.1 cm³/mol. The van der Waals surface area contributed by atoms with Crippen molar-refractivity contribution in [3.05, 3.63) is 0 Å². The van der Waals surface area contributed by atoms with Crippen molar-refractivity contribution in [1.29, 1.82) is 0 Å². The van der Waals surface area contributed by atoms with Crippen LogP contribution in [-0.2, 0) is 9.53 Å². The van der Waals surface area contributed by atoms with Crippen LogP contribution in [0.2, 0.25) is 0 Å². The van der Waals surface area contributed by atoms with E-state index in [2.05, 4.69) is 17.1 Å². The van der Waals surface area contributed by atoms with E-state index in [1.165, 1.54) is 0 Å². The molecule has 2 unspecified atom stereocenters. The highest BCUT2D eigenvalue weighted by atomic mass is 16.5. The molecule has 82 valence electrons. The topological polar surface area (TPSA) is 41.6 Å². The molecule has 1 fully saturated rings. The third kappa shape index (κ3) is 2.69. The number of ether oxygens (including phenoxy) is 1. The Hall–Kier alpha value is -0.610. The lowest BCUT2D eigenvalue weighted by molar-refractivity contribution is -0.150. The lowest BCUT2D eigenvalue weighted by Gasteiger charge is -2.37. The van der Waals surface area contributed by atoms with E-state index in [1.807, 2.05) is 13.8 Å². The average Bonchev–Trinajstić information content (AvgIpc) is 2.18. The molecule has 0 aromatic heterocycles. The molecule has 4 heteroatoms. The molecule has 1 aliphatic heterocycles. The Kier molecular flexibility index (Phi) is 4.35. The maximum absolute atomic E-state index is 11.5. The molecule has 0 aromatic carbocycles. The fourth-order valence-electron chi connectivity index (χ4n) is 1.83. The Balaban J connectivity index is 2.48. The quantitative estimate of drug-likeness (QED) is 0.662. The molecule has 0 aromatic rings. The number of nitrogens with one attached hydrogen (secondary N) is 1. The molecule has 4 nitrogen and oxygen atoms in total. The van der Waals surface area contributed by atoms with Crippen LogP contribution in [0.1, 0.15) is 20.8 Å². The van der Waals surface area contributed by atoms with Crippen molar-refractivity contribution in [2.75, 3.05) is 26.2 Å². The number of carbonyl (C=O) groups is 1. The molecule has 0 amide bonds. The number of esters is 1. The summed E-state index contributed by atoms with van der Waals surface area (Å²) < 4.78 is 5.00. The van der Waals surface area contributed by atoms with Crippen LogP contribution in [-0.4, -0.2) is 49.2 Å². The Morgan fingerprint density at radius 2 is 2.43 bits per heavy atom. The van der Waals surface area contributed by atoms with Crippen LogP contribution in [0.25, 0.3) is 0 Å². The van der Waals surface area contributed by atoms with Crippen molar-refractivity contribution in [3.63, 3.8) is 0 Å². The Bertz CT molecular complexity index is 197. The summed E-state index contributed by atoms with van der Waals surface area (Å²) in [6.45, 7) is 9.16.